The van der Waals surface area contributed by atoms with E-state index in [0.29, 0.717) is 46.4 Å². The number of nitrogens with two attached hydrogens (primary N) is 1. The first-order valence-corrected chi connectivity index (χ1v) is 11.9. The van der Waals surface area contributed by atoms with Crippen molar-refractivity contribution in [2.24, 2.45) is 5.73 Å². The molecule has 0 saturated carbocycles. The number of nitrogens with one attached hydrogen (secondary N) is 1. The van der Waals surface area contributed by atoms with E-state index >= 15 is 4.39 Å². The van der Waals surface area contributed by atoms with Gasteiger partial charge in [0.25, 0.3) is 0 Å². The average Bonchev–Trinajstić information content (AvgIpc) is 3.35. The van der Waals surface area contributed by atoms with Crippen molar-refractivity contribution in [3.63, 3.8) is 0 Å². The summed E-state index contributed by atoms with van der Waals surface area (Å²) < 4.78 is 27.4. The molecule has 1 aliphatic rings. The number of aliphatic carboxylic acids is 1. The molecule has 1 saturated heterocycles. The van der Waals surface area contributed by atoms with Crippen molar-refractivity contribution in [2.45, 2.75) is 44.9 Å². The first-order chi connectivity index (χ1) is 16.9. The molecule has 184 valence electrons. The van der Waals surface area contributed by atoms with Crippen molar-refractivity contribution in [3.05, 3.63) is 83.2 Å². The largest absolute Gasteiger partial charge is 0.492 e. The van der Waals surface area contributed by atoms with Crippen molar-refractivity contribution in [1.82, 2.24) is 5.32 Å². The number of hydrogen-bond donors (Lipinski definition) is 3. The van der Waals surface area contributed by atoms with Crippen LogP contribution in [0.4, 0.5) is 4.39 Å². The van der Waals surface area contributed by atoms with Crippen LogP contribution < -0.4 is 20.5 Å². The number of carboxylic acids is 1. The highest BCUT2D eigenvalue weighted by atomic mass is 19.1. The first-order valence-electron chi connectivity index (χ1n) is 11.9. The van der Waals surface area contributed by atoms with Crippen molar-refractivity contribution >= 4 is 5.97 Å². The van der Waals surface area contributed by atoms with E-state index in [9.17, 15) is 9.90 Å². The number of para-hydroxylation sites is 1. The van der Waals surface area contributed by atoms with Crippen molar-refractivity contribution in [3.8, 4) is 22.6 Å². The number of ether oxygens (including phenoxy) is 2. The van der Waals surface area contributed by atoms with Gasteiger partial charge in [0.15, 0.2) is 0 Å². The molecule has 1 aliphatic heterocycles. The Hall–Kier alpha value is -3.42. The zero-order valence-electron chi connectivity index (χ0n) is 19.8. The Kier molecular flexibility index (Phi) is 8.00. The molecule has 0 aliphatic carbocycles. The van der Waals surface area contributed by atoms with Crippen LogP contribution in [0.3, 0.4) is 0 Å². The molecule has 0 radical (unpaired) electrons. The van der Waals surface area contributed by atoms with Gasteiger partial charge in [0.05, 0.1) is 6.42 Å². The smallest absolute Gasteiger partial charge is 0.307 e. The lowest BCUT2D eigenvalue weighted by atomic mass is 9.97. The first kappa shape index (κ1) is 24.7. The molecule has 1 fully saturated rings. The summed E-state index contributed by atoms with van der Waals surface area (Å²) in [5.41, 5.74) is 8.90. The molecule has 4 N–H and O–H groups in total. The number of carboxylic acid groups (broad SMARTS) is 1. The second-order valence-corrected chi connectivity index (χ2v) is 8.93. The molecule has 2 atom stereocenters. The summed E-state index contributed by atoms with van der Waals surface area (Å²) in [6.45, 7) is 3.44. The Morgan fingerprint density at radius 1 is 1.17 bits per heavy atom. The van der Waals surface area contributed by atoms with Gasteiger partial charge in [-0.15, -0.1) is 0 Å². The lowest BCUT2D eigenvalue weighted by Crippen LogP contribution is -2.28. The molecule has 6 nitrogen and oxygen atoms in total. The fraction of sp³-hybridized carbons (Fsp3) is 0.321. The fourth-order valence-corrected chi connectivity index (χ4v) is 4.32. The normalized spacial score (nSPS) is 16.1. The van der Waals surface area contributed by atoms with E-state index < -0.39 is 12.0 Å². The molecule has 0 spiro atoms. The quantitative estimate of drug-likeness (QED) is 0.386. The number of halogens is 1. The van der Waals surface area contributed by atoms with Gasteiger partial charge in [-0.2, -0.15) is 0 Å². The van der Waals surface area contributed by atoms with E-state index in [1.807, 2.05) is 18.2 Å². The highest BCUT2D eigenvalue weighted by Gasteiger charge is 2.17. The third-order valence-electron chi connectivity index (χ3n) is 6.12. The fourth-order valence-electron chi connectivity index (χ4n) is 4.32. The third-order valence-corrected chi connectivity index (χ3v) is 6.12. The van der Waals surface area contributed by atoms with E-state index in [0.717, 1.165) is 24.9 Å². The second kappa shape index (κ2) is 11.3. The number of carbonyl (C=O) groups is 1. The van der Waals surface area contributed by atoms with Crippen LogP contribution in [0.25, 0.3) is 11.1 Å². The maximum Gasteiger partial charge on any atom is 0.307 e. The van der Waals surface area contributed by atoms with Gasteiger partial charge in [-0.05, 0) is 61.7 Å². The van der Waals surface area contributed by atoms with Gasteiger partial charge in [-0.3, -0.25) is 4.79 Å². The number of rotatable bonds is 10. The maximum absolute atomic E-state index is 15.3. The minimum Gasteiger partial charge on any atom is -0.492 e. The Bertz CT molecular complexity index is 1180. The van der Waals surface area contributed by atoms with E-state index in [1.165, 1.54) is 0 Å². The Morgan fingerprint density at radius 3 is 2.74 bits per heavy atom. The van der Waals surface area contributed by atoms with E-state index in [4.69, 9.17) is 15.2 Å². The molecule has 35 heavy (non-hydrogen) atoms. The van der Waals surface area contributed by atoms with Gasteiger partial charge >= 0.3 is 5.97 Å². The van der Waals surface area contributed by atoms with Crippen LogP contribution in [0.1, 0.15) is 42.5 Å². The van der Waals surface area contributed by atoms with Crippen LogP contribution in [0.15, 0.2) is 60.7 Å². The summed E-state index contributed by atoms with van der Waals surface area (Å²) >= 11 is 0. The summed E-state index contributed by atoms with van der Waals surface area (Å²) in [5.74, 6) is -0.151. The molecule has 1 heterocycles. The van der Waals surface area contributed by atoms with Crippen LogP contribution >= 0.6 is 0 Å². The van der Waals surface area contributed by atoms with Gasteiger partial charge in [0.2, 0.25) is 0 Å². The van der Waals surface area contributed by atoms with Crippen LogP contribution in [0, 0.1) is 5.82 Å². The summed E-state index contributed by atoms with van der Waals surface area (Å²) in [4.78, 5) is 11.2. The Balaban J connectivity index is 1.63. The molecule has 2 unspecified atom stereocenters. The van der Waals surface area contributed by atoms with Gasteiger partial charge in [0, 0.05) is 28.8 Å². The van der Waals surface area contributed by atoms with Crippen LogP contribution in [-0.2, 0) is 17.8 Å². The monoisotopic (exact) mass is 478 g/mol. The van der Waals surface area contributed by atoms with E-state index in [-0.39, 0.29) is 18.8 Å². The molecule has 3 aromatic carbocycles. The lowest BCUT2D eigenvalue weighted by Gasteiger charge is -2.17. The molecule has 0 bridgehead atoms. The van der Waals surface area contributed by atoms with Crippen LogP contribution in [-0.4, -0.2) is 30.3 Å². The van der Waals surface area contributed by atoms with Crippen LogP contribution in [0.5, 0.6) is 11.5 Å². The molecule has 7 heteroatoms. The standard InChI is InChI=1S/C28H31FN2O4/c1-18(30)24-8-4-9-25(28(24)29)21-12-19(13-23(14-21)34-17-22-7-5-11-31-22)16-35-26-10-3-2-6-20(26)15-27(32)33/h2-4,6,8-10,12-14,18,22,31H,5,7,11,15-17,30H2,1H3,(H,32,33). The molecule has 0 amide bonds. The zero-order valence-corrected chi connectivity index (χ0v) is 19.8. The summed E-state index contributed by atoms with van der Waals surface area (Å²) in [6.07, 6.45) is 2.05. The molecule has 4 rings (SSSR count). The van der Waals surface area contributed by atoms with Crippen LogP contribution in [0.2, 0.25) is 0 Å². The van der Waals surface area contributed by atoms with Gasteiger partial charge in [0.1, 0.15) is 30.5 Å². The third kappa shape index (κ3) is 6.38. The minimum atomic E-state index is -0.927. The zero-order chi connectivity index (χ0) is 24.8. The SMILES string of the molecule is CC(N)c1cccc(-c2cc(COc3ccccc3CC(=O)O)cc(OCC3CCCN3)c2)c1F. The lowest BCUT2D eigenvalue weighted by molar-refractivity contribution is -0.136. The van der Waals surface area contributed by atoms with E-state index in [2.05, 4.69) is 5.32 Å². The maximum atomic E-state index is 15.3. The topological polar surface area (TPSA) is 93.8 Å². The number of hydrogen-bond acceptors (Lipinski definition) is 5. The van der Waals surface area contributed by atoms with Gasteiger partial charge in [-0.25, -0.2) is 4.39 Å². The van der Waals surface area contributed by atoms with Crippen molar-refractivity contribution in [1.29, 1.82) is 0 Å². The molecule has 3 aromatic rings. The molecular formula is C28H31FN2O4. The predicted molar refractivity (Wildman–Crippen MR) is 133 cm³/mol. The van der Waals surface area contributed by atoms with Crippen molar-refractivity contribution < 1.29 is 23.8 Å². The molecule has 0 aromatic heterocycles. The minimum absolute atomic E-state index is 0.131. The van der Waals surface area contributed by atoms with E-state index in [1.54, 1.807) is 49.4 Å². The highest BCUT2D eigenvalue weighted by Crippen LogP contribution is 2.32. The average molecular weight is 479 g/mol. The summed E-state index contributed by atoms with van der Waals surface area (Å²) in [7, 11) is 0. The predicted octanol–water partition coefficient (Wildman–Crippen LogP) is 4.85. The van der Waals surface area contributed by atoms with Gasteiger partial charge in [-0.1, -0.05) is 36.4 Å². The number of benzene rings is 3. The molecular weight excluding hydrogens is 447 g/mol. The highest BCUT2D eigenvalue weighted by molar-refractivity contribution is 5.71. The Labute approximate surface area is 204 Å². The second-order valence-electron chi connectivity index (χ2n) is 8.93. The summed E-state index contributed by atoms with van der Waals surface area (Å²) in [6, 6.07) is 17.7. The van der Waals surface area contributed by atoms with Crippen molar-refractivity contribution in [2.75, 3.05) is 13.2 Å². The van der Waals surface area contributed by atoms with Gasteiger partial charge < -0.3 is 25.6 Å². The summed E-state index contributed by atoms with van der Waals surface area (Å²) in [5, 5.41) is 12.6. The Morgan fingerprint density at radius 2 is 2.00 bits per heavy atom.